The van der Waals surface area contributed by atoms with Crippen LogP contribution in [0.5, 0.6) is 0 Å². The number of rotatable bonds is 4. The van der Waals surface area contributed by atoms with E-state index in [2.05, 4.69) is 29.4 Å². The molecule has 1 aromatic heterocycles. The molecule has 1 unspecified atom stereocenters. The number of para-hydroxylation sites is 1. The summed E-state index contributed by atoms with van der Waals surface area (Å²) in [6.45, 7) is 4.03. The minimum Gasteiger partial charge on any atom is -0.338 e. The summed E-state index contributed by atoms with van der Waals surface area (Å²) >= 11 is 0. The first-order chi connectivity index (χ1) is 13.1. The van der Waals surface area contributed by atoms with Crippen LogP contribution in [0.3, 0.4) is 0 Å². The third-order valence-electron chi connectivity index (χ3n) is 5.73. The molecule has 0 fully saturated rings. The summed E-state index contributed by atoms with van der Waals surface area (Å²) in [4.78, 5) is 15.0. The van der Waals surface area contributed by atoms with Crippen molar-refractivity contribution in [2.24, 2.45) is 0 Å². The van der Waals surface area contributed by atoms with Gasteiger partial charge in [-0.1, -0.05) is 42.5 Å². The first kappa shape index (κ1) is 17.5. The monoisotopic (exact) mass is 359 g/mol. The minimum atomic E-state index is 0.149. The Balaban J connectivity index is 1.56. The van der Waals surface area contributed by atoms with E-state index >= 15 is 0 Å². The zero-order valence-electron chi connectivity index (χ0n) is 16.1. The highest BCUT2D eigenvalue weighted by Crippen LogP contribution is 2.35. The summed E-state index contributed by atoms with van der Waals surface area (Å²) < 4.78 is 1.93. The minimum absolute atomic E-state index is 0.149. The molecule has 4 heteroatoms. The zero-order valence-corrected chi connectivity index (χ0v) is 16.1. The fourth-order valence-electron chi connectivity index (χ4n) is 4.14. The zero-order chi connectivity index (χ0) is 19.0. The molecule has 27 heavy (non-hydrogen) atoms. The van der Waals surface area contributed by atoms with Gasteiger partial charge in [0.1, 0.15) is 0 Å². The summed E-state index contributed by atoms with van der Waals surface area (Å²) in [5, 5.41) is 4.67. The van der Waals surface area contributed by atoms with E-state index in [0.29, 0.717) is 6.42 Å². The van der Waals surface area contributed by atoms with Crippen LogP contribution in [0.4, 0.5) is 0 Å². The van der Waals surface area contributed by atoms with Crippen LogP contribution in [0.25, 0.3) is 5.69 Å². The van der Waals surface area contributed by atoms with Crippen LogP contribution in [0.2, 0.25) is 0 Å². The number of nitrogens with zero attached hydrogens (tertiary/aromatic N) is 3. The van der Waals surface area contributed by atoms with Crippen molar-refractivity contribution >= 4 is 5.91 Å². The molecule has 0 saturated carbocycles. The molecule has 1 atom stereocenters. The van der Waals surface area contributed by atoms with Gasteiger partial charge in [-0.05, 0) is 49.9 Å². The second-order valence-corrected chi connectivity index (χ2v) is 7.33. The summed E-state index contributed by atoms with van der Waals surface area (Å²) in [6.07, 6.45) is 2.44. The van der Waals surface area contributed by atoms with Crippen molar-refractivity contribution in [1.29, 1.82) is 0 Å². The standard InChI is InChI=1S/C23H25N3O/c1-16-21(17(2)26(24-16)19-10-5-4-6-11-19)15-23(27)25(3)22-14-13-18-9-7-8-12-20(18)22/h4-12,22H,13-15H2,1-3H3. The first-order valence-electron chi connectivity index (χ1n) is 9.50. The summed E-state index contributed by atoms with van der Waals surface area (Å²) in [7, 11) is 1.93. The Morgan fingerprint density at radius 3 is 2.59 bits per heavy atom. The number of hydrogen-bond donors (Lipinski definition) is 0. The van der Waals surface area contributed by atoms with E-state index in [1.165, 1.54) is 11.1 Å². The van der Waals surface area contributed by atoms with Crippen LogP contribution in [0.15, 0.2) is 54.6 Å². The lowest BCUT2D eigenvalue weighted by Crippen LogP contribution is -2.31. The second kappa shape index (κ2) is 7.03. The summed E-state index contributed by atoms with van der Waals surface area (Å²) in [5.41, 5.74) is 6.67. The molecular formula is C23H25N3O. The van der Waals surface area contributed by atoms with Crippen molar-refractivity contribution in [3.8, 4) is 5.69 Å². The lowest BCUT2D eigenvalue weighted by molar-refractivity contribution is -0.131. The average molecular weight is 359 g/mol. The van der Waals surface area contributed by atoms with Gasteiger partial charge in [-0.3, -0.25) is 4.79 Å². The van der Waals surface area contributed by atoms with E-state index < -0.39 is 0 Å². The van der Waals surface area contributed by atoms with Crippen molar-refractivity contribution in [2.45, 2.75) is 39.2 Å². The van der Waals surface area contributed by atoms with Crippen LogP contribution in [-0.2, 0) is 17.6 Å². The van der Waals surface area contributed by atoms with E-state index in [1.807, 2.05) is 60.8 Å². The quantitative estimate of drug-likeness (QED) is 0.701. The number of hydrogen-bond acceptors (Lipinski definition) is 2. The Kier molecular flexibility index (Phi) is 4.56. The van der Waals surface area contributed by atoms with Crippen LogP contribution < -0.4 is 0 Å². The molecule has 2 aromatic carbocycles. The van der Waals surface area contributed by atoms with Gasteiger partial charge in [0, 0.05) is 18.3 Å². The Morgan fingerprint density at radius 1 is 1.11 bits per heavy atom. The molecule has 1 heterocycles. The van der Waals surface area contributed by atoms with Crippen molar-refractivity contribution < 1.29 is 4.79 Å². The summed E-state index contributed by atoms with van der Waals surface area (Å²) in [5.74, 6) is 0.149. The lowest BCUT2D eigenvalue weighted by atomic mass is 10.1. The number of fused-ring (bicyclic) bond motifs is 1. The van der Waals surface area contributed by atoms with Crippen molar-refractivity contribution in [3.63, 3.8) is 0 Å². The maximum Gasteiger partial charge on any atom is 0.227 e. The maximum absolute atomic E-state index is 13.0. The predicted molar refractivity (Wildman–Crippen MR) is 107 cm³/mol. The Morgan fingerprint density at radius 2 is 1.81 bits per heavy atom. The van der Waals surface area contributed by atoms with Crippen LogP contribution >= 0.6 is 0 Å². The fraction of sp³-hybridized carbons (Fsp3) is 0.304. The molecule has 1 amide bonds. The van der Waals surface area contributed by atoms with Crippen molar-refractivity contribution in [3.05, 3.63) is 82.7 Å². The molecule has 1 aliphatic carbocycles. The Hall–Kier alpha value is -2.88. The van der Waals surface area contributed by atoms with E-state index in [1.54, 1.807) is 0 Å². The number of benzene rings is 2. The van der Waals surface area contributed by atoms with Gasteiger partial charge in [0.15, 0.2) is 0 Å². The first-order valence-corrected chi connectivity index (χ1v) is 9.50. The van der Waals surface area contributed by atoms with Gasteiger partial charge in [-0.25, -0.2) is 4.68 Å². The highest BCUT2D eigenvalue weighted by Gasteiger charge is 2.29. The van der Waals surface area contributed by atoms with Gasteiger partial charge in [-0.2, -0.15) is 5.10 Å². The molecular weight excluding hydrogens is 334 g/mol. The fourth-order valence-corrected chi connectivity index (χ4v) is 4.14. The number of amides is 1. The molecule has 0 bridgehead atoms. The largest absolute Gasteiger partial charge is 0.338 e. The van der Waals surface area contributed by atoms with Gasteiger partial charge >= 0.3 is 0 Å². The van der Waals surface area contributed by atoms with E-state index in [-0.39, 0.29) is 11.9 Å². The highest BCUT2D eigenvalue weighted by molar-refractivity contribution is 5.79. The molecule has 0 saturated heterocycles. The molecule has 0 spiro atoms. The molecule has 138 valence electrons. The molecule has 1 aliphatic rings. The highest BCUT2D eigenvalue weighted by atomic mass is 16.2. The SMILES string of the molecule is Cc1nn(-c2ccccc2)c(C)c1CC(=O)N(C)C1CCc2ccccc21. The normalized spacial score (nSPS) is 15.6. The predicted octanol–water partition coefficient (Wildman–Crippen LogP) is 4.18. The van der Waals surface area contributed by atoms with E-state index in [9.17, 15) is 4.79 Å². The molecule has 0 aliphatic heterocycles. The number of aryl methyl sites for hydroxylation is 2. The topological polar surface area (TPSA) is 38.1 Å². The van der Waals surface area contributed by atoms with Crippen LogP contribution in [-0.4, -0.2) is 27.6 Å². The smallest absolute Gasteiger partial charge is 0.227 e. The molecule has 3 aromatic rings. The van der Waals surface area contributed by atoms with Crippen molar-refractivity contribution in [1.82, 2.24) is 14.7 Å². The van der Waals surface area contributed by atoms with Gasteiger partial charge in [0.2, 0.25) is 5.91 Å². The Bertz CT molecular complexity index is 975. The van der Waals surface area contributed by atoms with Gasteiger partial charge < -0.3 is 4.90 Å². The maximum atomic E-state index is 13.0. The average Bonchev–Trinajstić information content (AvgIpc) is 3.24. The van der Waals surface area contributed by atoms with Gasteiger partial charge in [-0.15, -0.1) is 0 Å². The number of likely N-dealkylation sites (N-methyl/N-ethyl adjacent to an activating group) is 1. The van der Waals surface area contributed by atoms with E-state index in [4.69, 9.17) is 0 Å². The van der Waals surface area contributed by atoms with Crippen LogP contribution in [0, 0.1) is 13.8 Å². The second-order valence-electron chi connectivity index (χ2n) is 7.33. The van der Waals surface area contributed by atoms with Crippen molar-refractivity contribution in [2.75, 3.05) is 7.05 Å². The number of carbonyl (C=O) groups is 1. The molecule has 0 radical (unpaired) electrons. The third-order valence-corrected chi connectivity index (χ3v) is 5.73. The van der Waals surface area contributed by atoms with Crippen LogP contribution in [0.1, 0.15) is 40.5 Å². The summed E-state index contributed by atoms with van der Waals surface area (Å²) in [6, 6.07) is 18.7. The van der Waals surface area contributed by atoms with E-state index in [0.717, 1.165) is 35.5 Å². The molecule has 0 N–H and O–H groups in total. The lowest BCUT2D eigenvalue weighted by Gasteiger charge is -2.25. The molecule has 4 nitrogen and oxygen atoms in total. The Labute approximate surface area is 160 Å². The third kappa shape index (κ3) is 3.16. The number of aromatic nitrogens is 2. The molecule has 4 rings (SSSR count). The number of carbonyl (C=O) groups excluding carboxylic acids is 1. The van der Waals surface area contributed by atoms with Gasteiger partial charge in [0.05, 0.1) is 23.8 Å². The van der Waals surface area contributed by atoms with Gasteiger partial charge in [0.25, 0.3) is 0 Å².